The van der Waals surface area contributed by atoms with Gasteiger partial charge >= 0.3 is 0 Å². The zero-order chi connectivity index (χ0) is 18.9. The molecule has 2 atom stereocenters. The van der Waals surface area contributed by atoms with Crippen LogP contribution < -0.4 is 10.7 Å². The number of nitrogens with zero attached hydrogens (tertiary/aromatic N) is 1. The van der Waals surface area contributed by atoms with Crippen LogP contribution in [0.4, 0.5) is 5.69 Å². The van der Waals surface area contributed by atoms with E-state index in [1.54, 1.807) is 30.0 Å². The second-order valence-electron chi connectivity index (χ2n) is 6.54. The summed E-state index contributed by atoms with van der Waals surface area (Å²) in [7, 11) is -3.06. The van der Waals surface area contributed by atoms with E-state index in [2.05, 4.69) is 5.32 Å². The zero-order valence-corrected chi connectivity index (χ0v) is 15.6. The van der Waals surface area contributed by atoms with Gasteiger partial charge in [-0.1, -0.05) is 0 Å². The Kier molecular flexibility index (Phi) is 5.04. The van der Waals surface area contributed by atoms with Gasteiger partial charge in [0.15, 0.2) is 15.3 Å². The lowest BCUT2D eigenvalue weighted by Gasteiger charge is -2.30. The molecule has 1 aliphatic rings. The fourth-order valence-electron chi connectivity index (χ4n) is 3.35. The highest BCUT2D eigenvalue weighted by atomic mass is 32.2. The van der Waals surface area contributed by atoms with Crippen LogP contribution >= 0.6 is 0 Å². The number of carbonyl (C=O) groups excluding carboxylic acids is 1. The fraction of sp³-hybridized carbons (Fsp3) is 0.444. The highest BCUT2D eigenvalue weighted by Crippen LogP contribution is 2.20. The zero-order valence-electron chi connectivity index (χ0n) is 14.8. The van der Waals surface area contributed by atoms with Gasteiger partial charge < -0.3 is 14.6 Å². The molecule has 1 aromatic heterocycles. The average molecular weight is 378 g/mol. The minimum absolute atomic E-state index is 0.0241. The van der Waals surface area contributed by atoms with Crippen molar-refractivity contribution in [3.63, 3.8) is 0 Å². The maximum Gasteiger partial charge on any atom is 0.245 e. The monoisotopic (exact) mass is 378 g/mol. The highest BCUT2D eigenvalue weighted by Gasteiger charge is 2.35. The van der Waals surface area contributed by atoms with Crippen molar-refractivity contribution >= 4 is 32.4 Å². The van der Waals surface area contributed by atoms with Crippen LogP contribution in [0.3, 0.4) is 0 Å². The highest BCUT2D eigenvalue weighted by molar-refractivity contribution is 7.91. The largest absolute Gasteiger partial charge is 0.464 e. The molecule has 1 aromatic carbocycles. The minimum Gasteiger partial charge on any atom is -0.464 e. The first kappa shape index (κ1) is 18.4. The third-order valence-corrected chi connectivity index (χ3v) is 6.44. The van der Waals surface area contributed by atoms with Gasteiger partial charge in [0.1, 0.15) is 11.6 Å². The molecule has 0 bridgehead atoms. The van der Waals surface area contributed by atoms with Crippen molar-refractivity contribution in [1.82, 2.24) is 4.90 Å². The van der Waals surface area contributed by atoms with E-state index in [4.69, 9.17) is 4.42 Å². The van der Waals surface area contributed by atoms with E-state index in [0.29, 0.717) is 29.6 Å². The molecule has 2 heterocycles. The lowest BCUT2D eigenvalue weighted by Crippen LogP contribution is -2.47. The summed E-state index contributed by atoms with van der Waals surface area (Å²) in [6, 6.07) is 5.60. The molecule has 1 N–H and O–H groups in total. The SMILES string of the molecule is CCN(C(=O)C(C)Nc1ccc2occc(=O)c2c1)C1CCS(=O)(=O)C1. The number of amides is 1. The molecular weight excluding hydrogens is 356 g/mol. The Balaban J connectivity index is 1.76. The summed E-state index contributed by atoms with van der Waals surface area (Å²) in [5.41, 5.74) is 0.959. The Morgan fingerprint density at radius 3 is 2.81 bits per heavy atom. The van der Waals surface area contributed by atoms with Crippen LogP contribution in [0.2, 0.25) is 0 Å². The van der Waals surface area contributed by atoms with Gasteiger partial charge in [0, 0.05) is 24.3 Å². The van der Waals surface area contributed by atoms with Gasteiger partial charge in [0.05, 0.1) is 23.2 Å². The Morgan fingerprint density at radius 1 is 1.38 bits per heavy atom. The Labute approximate surface area is 151 Å². The second-order valence-corrected chi connectivity index (χ2v) is 8.77. The van der Waals surface area contributed by atoms with Crippen LogP contribution in [-0.4, -0.2) is 49.4 Å². The molecule has 1 saturated heterocycles. The fourth-order valence-corrected chi connectivity index (χ4v) is 5.08. The van der Waals surface area contributed by atoms with E-state index in [-0.39, 0.29) is 28.9 Å². The van der Waals surface area contributed by atoms with Crippen molar-refractivity contribution in [2.45, 2.75) is 32.4 Å². The number of nitrogens with one attached hydrogen (secondary N) is 1. The molecule has 8 heteroatoms. The molecule has 1 fully saturated rings. The maximum absolute atomic E-state index is 12.8. The van der Waals surface area contributed by atoms with Crippen LogP contribution in [0.15, 0.2) is 39.7 Å². The molecule has 2 unspecified atom stereocenters. The van der Waals surface area contributed by atoms with Crippen molar-refractivity contribution in [3.8, 4) is 0 Å². The summed E-state index contributed by atoms with van der Waals surface area (Å²) >= 11 is 0. The second kappa shape index (κ2) is 7.11. The standard InChI is InChI=1S/C18H22N2O5S/c1-3-20(14-7-9-26(23,24)11-14)18(22)12(2)19-13-4-5-17-15(10-13)16(21)6-8-25-17/h4-6,8,10,12,14,19H,3,7,9,11H2,1-2H3. The van der Waals surface area contributed by atoms with Gasteiger partial charge in [0.25, 0.3) is 0 Å². The van der Waals surface area contributed by atoms with Crippen molar-refractivity contribution < 1.29 is 17.6 Å². The van der Waals surface area contributed by atoms with Gasteiger partial charge in [-0.25, -0.2) is 8.42 Å². The number of rotatable bonds is 5. The van der Waals surface area contributed by atoms with E-state index in [1.807, 2.05) is 6.92 Å². The van der Waals surface area contributed by atoms with Crippen molar-refractivity contribution in [3.05, 3.63) is 40.8 Å². The molecule has 1 amide bonds. The lowest BCUT2D eigenvalue weighted by atomic mass is 10.1. The predicted molar refractivity (Wildman–Crippen MR) is 100 cm³/mol. The predicted octanol–water partition coefficient (Wildman–Crippen LogP) is 1.63. The van der Waals surface area contributed by atoms with Gasteiger partial charge in [-0.15, -0.1) is 0 Å². The van der Waals surface area contributed by atoms with Gasteiger partial charge in [-0.2, -0.15) is 0 Å². The molecule has 0 aliphatic carbocycles. The normalized spacial score (nSPS) is 20.0. The first-order valence-corrected chi connectivity index (χ1v) is 10.4. The van der Waals surface area contributed by atoms with Gasteiger partial charge in [-0.05, 0) is 38.5 Å². The van der Waals surface area contributed by atoms with Crippen molar-refractivity contribution in [2.24, 2.45) is 0 Å². The molecule has 0 radical (unpaired) electrons. The molecule has 1 aliphatic heterocycles. The summed E-state index contributed by atoms with van der Waals surface area (Å²) in [6.07, 6.45) is 1.82. The van der Waals surface area contributed by atoms with Crippen LogP contribution in [0.5, 0.6) is 0 Å². The summed E-state index contributed by atoms with van der Waals surface area (Å²) in [6.45, 7) is 4.02. The first-order chi connectivity index (χ1) is 12.3. The quantitative estimate of drug-likeness (QED) is 0.849. The van der Waals surface area contributed by atoms with Crippen molar-refractivity contribution in [1.29, 1.82) is 0 Å². The summed E-state index contributed by atoms with van der Waals surface area (Å²) in [5, 5.41) is 3.54. The van der Waals surface area contributed by atoms with E-state index >= 15 is 0 Å². The number of hydrogen-bond donors (Lipinski definition) is 1. The smallest absolute Gasteiger partial charge is 0.245 e. The maximum atomic E-state index is 12.8. The molecule has 26 heavy (non-hydrogen) atoms. The van der Waals surface area contributed by atoms with Gasteiger partial charge in [-0.3, -0.25) is 9.59 Å². The number of carbonyl (C=O) groups is 1. The number of fused-ring (bicyclic) bond motifs is 1. The first-order valence-electron chi connectivity index (χ1n) is 8.60. The molecule has 3 rings (SSSR count). The lowest BCUT2D eigenvalue weighted by molar-refractivity contribution is -0.133. The van der Waals surface area contributed by atoms with E-state index < -0.39 is 15.9 Å². The van der Waals surface area contributed by atoms with Gasteiger partial charge in [0.2, 0.25) is 5.91 Å². The van der Waals surface area contributed by atoms with E-state index in [0.717, 1.165) is 0 Å². The number of sulfone groups is 1. The average Bonchev–Trinajstić information content (AvgIpc) is 2.96. The molecule has 0 saturated carbocycles. The van der Waals surface area contributed by atoms with Crippen molar-refractivity contribution in [2.75, 3.05) is 23.4 Å². The molecule has 0 spiro atoms. The summed E-state index contributed by atoms with van der Waals surface area (Å²) in [5.74, 6) is -0.00479. The number of benzene rings is 1. The van der Waals surface area contributed by atoms with E-state index in [9.17, 15) is 18.0 Å². The van der Waals surface area contributed by atoms with Crippen LogP contribution in [-0.2, 0) is 14.6 Å². The van der Waals surface area contributed by atoms with Crippen LogP contribution in [0, 0.1) is 0 Å². The molecule has 7 nitrogen and oxygen atoms in total. The Hall–Kier alpha value is -2.35. The number of likely N-dealkylation sites (N-methyl/N-ethyl adjacent to an activating group) is 1. The Bertz CT molecular complexity index is 982. The third kappa shape index (κ3) is 3.75. The third-order valence-electron chi connectivity index (χ3n) is 4.69. The molecule has 2 aromatic rings. The topological polar surface area (TPSA) is 96.7 Å². The minimum atomic E-state index is -3.06. The number of anilines is 1. The summed E-state index contributed by atoms with van der Waals surface area (Å²) < 4.78 is 28.7. The Morgan fingerprint density at radius 2 is 2.15 bits per heavy atom. The summed E-state index contributed by atoms with van der Waals surface area (Å²) in [4.78, 5) is 26.3. The molecular formula is C18H22N2O5S. The van der Waals surface area contributed by atoms with Crippen LogP contribution in [0.25, 0.3) is 11.0 Å². The molecule has 140 valence electrons. The van der Waals surface area contributed by atoms with E-state index in [1.165, 1.54) is 12.3 Å². The number of hydrogen-bond acceptors (Lipinski definition) is 6. The van der Waals surface area contributed by atoms with Crippen LogP contribution in [0.1, 0.15) is 20.3 Å².